The van der Waals surface area contributed by atoms with Crippen LogP contribution in [0.3, 0.4) is 0 Å². The van der Waals surface area contributed by atoms with E-state index in [-0.39, 0.29) is 23.7 Å². The van der Waals surface area contributed by atoms with Crippen LogP contribution < -0.4 is 10.6 Å². The molecule has 2 atom stereocenters. The summed E-state index contributed by atoms with van der Waals surface area (Å²) in [6.45, 7) is 4.62. The molecular weight excluding hydrogens is 482 g/mol. The van der Waals surface area contributed by atoms with E-state index in [1.807, 2.05) is 60.7 Å². The molecule has 0 spiro atoms. The van der Waals surface area contributed by atoms with Crippen molar-refractivity contribution in [2.75, 3.05) is 11.9 Å². The van der Waals surface area contributed by atoms with Gasteiger partial charge < -0.3 is 25.2 Å². The van der Waals surface area contributed by atoms with E-state index in [0.29, 0.717) is 18.1 Å². The van der Waals surface area contributed by atoms with Crippen molar-refractivity contribution in [3.8, 4) is 11.4 Å². The second-order valence-corrected chi connectivity index (χ2v) is 9.55. The Morgan fingerprint density at radius 3 is 2.49 bits per heavy atom. The van der Waals surface area contributed by atoms with Crippen LogP contribution in [0.1, 0.15) is 41.1 Å². The van der Waals surface area contributed by atoms with Gasteiger partial charge in [-0.15, -0.1) is 0 Å². The first kappa shape index (κ1) is 24.5. The zero-order chi connectivity index (χ0) is 25.9. The number of phenolic OH excluding ortho intramolecular Hbond substituents is 1. The number of aryl methyl sites for hydroxylation is 1. The molecule has 37 heavy (non-hydrogen) atoms. The molecule has 2 aromatic carbocycles. The quantitative estimate of drug-likeness (QED) is 0.296. The van der Waals surface area contributed by atoms with E-state index >= 15 is 0 Å². The third-order valence-corrected chi connectivity index (χ3v) is 7.08. The highest BCUT2D eigenvalue weighted by molar-refractivity contribution is 7.80. The summed E-state index contributed by atoms with van der Waals surface area (Å²) in [6.07, 6.45) is 2.08. The summed E-state index contributed by atoms with van der Waals surface area (Å²) in [6, 6.07) is 24.4. The van der Waals surface area contributed by atoms with Gasteiger partial charge >= 0.3 is 0 Å². The van der Waals surface area contributed by atoms with E-state index < -0.39 is 0 Å². The molecule has 1 fully saturated rings. The molecule has 2 unspecified atom stereocenters. The Morgan fingerprint density at radius 2 is 1.78 bits per heavy atom. The van der Waals surface area contributed by atoms with Gasteiger partial charge in [-0.2, -0.15) is 0 Å². The molecule has 5 rings (SSSR count). The van der Waals surface area contributed by atoms with Gasteiger partial charge in [-0.1, -0.05) is 24.3 Å². The molecule has 7 nitrogen and oxygen atoms in total. The molecule has 1 aliphatic rings. The van der Waals surface area contributed by atoms with E-state index in [1.54, 1.807) is 18.3 Å². The zero-order valence-corrected chi connectivity index (χ0v) is 21.6. The van der Waals surface area contributed by atoms with Crippen molar-refractivity contribution >= 4 is 28.9 Å². The first-order valence-corrected chi connectivity index (χ1v) is 12.6. The summed E-state index contributed by atoms with van der Waals surface area (Å²) in [5, 5.41) is 16.8. The molecule has 188 valence electrons. The predicted molar refractivity (Wildman–Crippen MR) is 149 cm³/mol. The van der Waals surface area contributed by atoms with Gasteiger partial charge in [0.1, 0.15) is 5.75 Å². The van der Waals surface area contributed by atoms with Crippen LogP contribution in [-0.4, -0.2) is 37.1 Å². The molecule has 8 heteroatoms. The Bertz CT molecular complexity index is 1400. The fourth-order valence-corrected chi connectivity index (χ4v) is 5.37. The molecular formula is C29H29N5O2S. The summed E-state index contributed by atoms with van der Waals surface area (Å²) in [5.41, 5.74) is 5.88. The SMILES string of the molecule is Cc1cc(C2C(c3ccccn3)NC(=S)N2CCC(=O)Nc2ccccc2)c(C)n1-c1ccc(O)cc1. The summed E-state index contributed by atoms with van der Waals surface area (Å²) in [4.78, 5) is 19.5. The molecule has 0 bridgehead atoms. The zero-order valence-electron chi connectivity index (χ0n) is 20.8. The molecule has 2 aromatic heterocycles. The number of anilines is 1. The molecule has 1 saturated heterocycles. The number of hydrogen-bond acceptors (Lipinski definition) is 4. The highest BCUT2D eigenvalue weighted by Gasteiger charge is 2.41. The van der Waals surface area contributed by atoms with Crippen molar-refractivity contribution in [2.24, 2.45) is 0 Å². The maximum Gasteiger partial charge on any atom is 0.226 e. The Kier molecular flexibility index (Phi) is 6.92. The standard InChI is InChI=1S/C29H29N5O2S/c1-19-18-24(20(2)34(19)22-11-13-23(35)14-12-22)28-27(25-10-6-7-16-30-25)32-29(37)33(28)17-15-26(36)31-21-8-4-3-5-9-21/h3-14,16,18,27-28,35H,15,17H2,1-2H3,(H,31,36)(H,32,37). The van der Waals surface area contributed by atoms with Gasteiger partial charge in [-0.25, -0.2) is 0 Å². The van der Waals surface area contributed by atoms with Crippen LogP contribution in [0.2, 0.25) is 0 Å². The van der Waals surface area contributed by atoms with Crippen molar-refractivity contribution < 1.29 is 9.90 Å². The lowest BCUT2D eigenvalue weighted by atomic mass is 9.96. The van der Waals surface area contributed by atoms with Crippen molar-refractivity contribution in [3.63, 3.8) is 0 Å². The van der Waals surface area contributed by atoms with Crippen LogP contribution in [0.5, 0.6) is 5.75 Å². The molecule has 4 aromatic rings. The number of benzene rings is 2. The van der Waals surface area contributed by atoms with Crippen LogP contribution in [-0.2, 0) is 4.79 Å². The maximum absolute atomic E-state index is 12.8. The Labute approximate surface area is 221 Å². The highest BCUT2D eigenvalue weighted by Crippen LogP contribution is 2.41. The monoisotopic (exact) mass is 511 g/mol. The number of nitrogens with zero attached hydrogens (tertiary/aromatic N) is 3. The number of thiocarbonyl (C=S) groups is 1. The van der Waals surface area contributed by atoms with E-state index in [9.17, 15) is 9.90 Å². The minimum atomic E-state index is -0.167. The van der Waals surface area contributed by atoms with E-state index in [2.05, 4.69) is 45.0 Å². The first-order valence-electron chi connectivity index (χ1n) is 12.2. The van der Waals surface area contributed by atoms with Gasteiger partial charge in [0.2, 0.25) is 5.91 Å². The maximum atomic E-state index is 12.8. The Hall–Kier alpha value is -4.17. The highest BCUT2D eigenvalue weighted by atomic mass is 32.1. The summed E-state index contributed by atoms with van der Waals surface area (Å²) >= 11 is 5.79. The molecule has 0 aliphatic carbocycles. The van der Waals surface area contributed by atoms with Crippen LogP contribution in [0.4, 0.5) is 5.69 Å². The van der Waals surface area contributed by atoms with Gasteiger partial charge in [0.05, 0.1) is 17.8 Å². The first-order chi connectivity index (χ1) is 17.9. The van der Waals surface area contributed by atoms with Crippen molar-refractivity contribution in [1.82, 2.24) is 19.8 Å². The lowest BCUT2D eigenvalue weighted by molar-refractivity contribution is -0.116. The van der Waals surface area contributed by atoms with Gasteiger partial charge in [0.15, 0.2) is 5.11 Å². The minimum absolute atomic E-state index is 0.0661. The number of rotatable bonds is 7. The Morgan fingerprint density at radius 1 is 1.05 bits per heavy atom. The fourth-order valence-electron chi connectivity index (χ4n) is 5.04. The van der Waals surface area contributed by atoms with Gasteiger partial charge in [-0.3, -0.25) is 9.78 Å². The van der Waals surface area contributed by atoms with Crippen molar-refractivity contribution in [3.05, 3.63) is 108 Å². The lowest BCUT2D eigenvalue weighted by Crippen LogP contribution is -2.32. The number of pyridine rings is 1. The number of nitrogens with one attached hydrogen (secondary N) is 2. The minimum Gasteiger partial charge on any atom is -0.508 e. The molecule has 1 aliphatic heterocycles. The Balaban J connectivity index is 1.47. The fraction of sp³-hybridized carbons (Fsp3) is 0.207. The summed E-state index contributed by atoms with van der Waals surface area (Å²) in [5.74, 6) is 0.163. The van der Waals surface area contributed by atoms with Crippen LogP contribution in [0.15, 0.2) is 85.1 Å². The van der Waals surface area contributed by atoms with Crippen LogP contribution in [0, 0.1) is 13.8 Å². The number of carbonyl (C=O) groups is 1. The topological polar surface area (TPSA) is 82.4 Å². The number of para-hydroxylation sites is 1. The smallest absolute Gasteiger partial charge is 0.226 e. The number of amides is 1. The third-order valence-electron chi connectivity index (χ3n) is 6.73. The van der Waals surface area contributed by atoms with Crippen molar-refractivity contribution in [1.29, 1.82) is 0 Å². The van der Waals surface area contributed by atoms with E-state index in [4.69, 9.17) is 12.2 Å². The lowest BCUT2D eigenvalue weighted by Gasteiger charge is -2.28. The van der Waals surface area contributed by atoms with Crippen molar-refractivity contribution in [2.45, 2.75) is 32.4 Å². The molecule has 3 heterocycles. The number of aromatic nitrogens is 2. The van der Waals surface area contributed by atoms with Gasteiger partial charge in [-0.05, 0) is 86.2 Å². The molecule has 3 N–H and O–H groups in total. The molecule has 0 radical (unpaired) electrons. The second kappa shape index (κ2) is 10.4. The number of phenols is 1. The number of aromatic hydroxyl groups is 1. The van der Waals surface area contributed by atoms with Crippen LogP contribution in [0.25, 0.3) is 5.69 Å². The summed E-state index contributed by atoms with van der Waals surface area (Å²) < 4.78 is 2.17. The average Bonchev–Trinajstić information content (AvgIpc) is 3.39. The predicted octanol–water partition coefficient (Wildman–Crippen LogP) is 5.20. The van der Waals surface area contributed by atoms with Crippen LogP contribution >= 0.6 is 12.2 Å². The number of carbonyl (C=O) groups excluding carboxylic acids is 1. The van der Waals surface area contributed by atoms with Gasteiger partial charge in [0.25, 0.3) is 0 Å². The molecule has 0 saturated carbocycles. The van der Waals surface area contributed by atoms with E-state index in [0.717, 1.165) is 34.0 Å². The largest absolute Gasteiger partial charge is 0.508 e. The normalized spacial score (nSPS) is 17.0. The van der Waals surface area contributed by atoms with Gasteiger partial charge in [0, 0.05) is 41.9 Å². The third kappa shape index (κ3) is 5.06. The summed E-state index contributed by atoms with van der Waals surface area (Å²) in [7, 11) is 0. The average molecular weight is 512 g/mol. The second-order valence-electron chi connectivity index (χ2n) is 9.16. The van der Waals surface area contributed by atoms with E-state index in [1.165, 1.54) is 0 Å². The number of hydrogen-bond donors (Lipinski definition) is 3. The molecule has 1 amide bonds.